The van der Waals surface area contributed by atoms with Gasteiger partial charge in [0.25, 0.3) is 0 Å². The van der Waals surface area contributed by atoms with E-state index < -0.39 is 0 Å². The highest BCUT2D eigenvalue weighted by molar-refractivity contribution is 14.0. The second-order valence-corrected chi connectivity index (χ2v) is 7.05. The van der Waals surface area contributed by atoms with Crippen LogP contribution in [0.4, 0.5) is 0 Å². The molecule has 0 spiro atoms. The van der Waals surface area contributed by atoms with Gasteiger partial charge < -0.3 is 19.8 Å². The van der Waals surface area contributed by atoms with Gasteiger partial charge in [-0.15, -0.1) is 24.0 Å². The Morgan fingerprint density at radius 2 is 2.04 bits per heavy atom. The minimum absolute atomic E-state index is 0. The quantitative estimate of drug-likeness (QED) is 0.313. The number of aliphatic hydroxyl groups excluding tert-OH is 1. The minimum atomic E-state index is 0. The van der Waals surface area contributed by atoms with Crippen molar-refractivity contribution in [3.63, 3.8) is 0 Å². The summed E-state index contributed by atoms with van der Waals surface area (Å²) in [5.41, 5.74) is 1.00. The molecule has 0 aliphatic carbocycles. The number of nitrogens with zero attached hydrogens (tertiary/aromatic N) is 4. The molecule has 1 unspecified atom stereocenters. The van der Waals surface area contributed by atoms with E-state index in [-0.39, 0.29) is 30.6 Å². The zero-order chi connectivity index (χ0) is 18.8. The highest BCUT2D eigenvalue weighted by atomic mass is 127. The third-order valence-electron chi connectivity index (χ3n) is 4.80. The standard InChI is InChI=1S/C19H35N5O2.HI/c1-4-6-17(7-12-25)14-21-19(20-5-2)24-10-8-23(9-11-24)15-18-13-16(3)26-22-18;/h13,17,25H,4-12,14-15H2,1-3H3,(H,20,21);1H. The van der Waals surface area contributed by atoms with Gasteiger partial charge in [0.1, 0.15) is 5.76 Å². The summed E-state index contributed by atoms with van der Waals surface area (Å²) in [4.78, 5) is 9.61. The van der Waals surface area contributed by atoms with Crippen LogP contribution in [-0.4, -0.2) is 71.9 Å². The molecule has 1 atom stereocenters. The third kappa shape index (κ3) is 8.35. The molecule has 8 heteroatoms. The largest absolute Gasteiger partial charge is 0.396 e. The van der Waals surface area contributed by atoms with Crippen LogP contribution in [0.3, 0.4) is 0 Å². The number of aromatic nitrogens is 1. The van der Waals surface area contributed by atoms with Gasteiger partial charge in [-0.2, -0.15) is 0 Å². The number of nitrogens with one attached hydrogen (secondary N) is 1. The van der Waals surface area contributed by atoms with Gasteiger partial charge in [0, 0.05) is 58.5 Å². The predicted octanol–water partition coefficient (Wildman–Crippen LogP) is 2.48. The van der Waals surface area contributed by atoms with E-state index in [1.54, 1.807) is 0 Å². The summed E-state index contributed by atoms with van der Waals surface area (Å²) in [7, 11) is 0. The van der Waals surface area contributed by atoms with Crippen molar-refractivity contribution >= 4 is 29.9 Å². The number of guanidine groups is 1. The molecular formula is C19H36IN5O2. The van der Waals surface area contributed by atoms with Crippen LogP contribution in [0.1, 0.15) is 44.6 Å². The molecule has 0 aromatic carbocycles. The van der Waals surface area contributed by atoms with E-state index in [0.29, 0.717) is 5.92 Å². The van der Waals surface area contributed by atoms with Crippen molar-refractivity contribution in [3.05, 3.63) is 17.5 Å². The van der Waals surface area contributed by atoms with E-state index >= 15 is 0 Å². The summed E-state index contributed by atoms with van der Waals surface area (Å²) in [5.74, 6) is 2.34. The average molecular weight is 493 g/mol. The van der Waals surface area contributed by atoms with Crippen molar-refractivity contribution in [2.75, 3.05) is 45.9 Å². The van der Waals surface area contributed by atoms with Crippen LogP contribution < -0.4 is 5.32 Å². The topological polar surface area (TPSA) is 77.1 Å². The molecule has 2 N–H and O–H groups in total. The molecule has 0 amide bonds. The zero-order valence-corrected chi connectivity index (χ0v) is 19.3. The number of aliphatic imine (C=N–C) groups is 1. The number of rotatable bonds is 9. The van der Waals surface area contributed by atoms with Gasteiger partial charge in [0.2, 0.25) is 0 Å². The molecule has 7 nitrogen and oxygen atoms in total. The summed E-state index contributed by atoms with van der Waals surface area (Å²) in [6.07, 6.45) is 3.09. The van der Waals surface area contributed by atoms with Crippen LogP contribution in [0, 0.1) is 12.8 Å². The van der Waals surface area contributed by atoms with Gasteiger partial charge in [-0.3, -0.25) is 9.89 Å². The van der Waals surface area contributed by atoms with Crippen molar-refractivity contribution in [1.82, 2.24) is 20.3 Å². The van der Waals surface area contributed by atoms with Crippen LogP contribution in [0.5, 0.6) is 0 Å². The predicted molar refractivity (Wildman–Crippen MR) is 120 cm³/mol. The number of hydrogen-bond donors (Lipinski definition) is 2. The molecule has 0 radical (unpaired) electrons. The van der Waals surface area contributed by atoms with Gasteiger partial charge in [0.15, 0.2) is 5.96 Å². The van der Waals surface area contributed by atoms with Crippen LogP contribution >= 0.6 is 24.0 Å². The van der Waals surface area contributed by atoms with E-state index in [1.807, 2.05) is 13.0 Å². The first kappa shape index (κ1) is 24.2. The van der Waals surface area contributed by atoms with Crippen molar-refractivity contribution in [2.45, 2.75) is 46.6 Å². The molecule has 1 aliphatic heterocycles. The first-order chi connectivity index (χ1) is 12.7. The Bertz CT molecular complexity index is 538. The van der Waals surface area contributed by atoms with Crippen LogP contribution in [-0.2, 0) is 6.54 Å². The van der Waals surface area contributed by atoms with E-state index in [4.69, 9.17) is 9.52 Å². The first-order valence-electron chi connectivity index (χ1n) is 9.94. The third-order valence-corrected chi connectivity index (χ3v) is 4.80. The Morgan fingerprint density at radius 3 is 2.59 bits per heavy atom. The maximum atomic E-state index is 9.24. The van der Waals surface area contributed by atoms with Crippen molar-refractivity contribution in [2.24, 2.45) is 10.9 Å². The molecule has 1 aromatic rings. The number of piperazine rings is 1. The lowest BCUT2D eigenvalue weighted by Gasteiger charge is -2.36. The van der Waals surface area contributed by atoms with Crippen LogP contribution in [0.15, 0.2) is 15.6 Å². The Hall–Kier alpha value is -0.870. The van der Waals surface area contributed by atoms with Gasteiger partial charge in [-0.1, -0.05) is 18.5 Å². The Kier molecular flexibility index (Phi) is 11.9. The molecule has 2 heterocycles. The Morgan fingerprint density at radius 1 is 1.30 bits per heavy atom. The molecule has 1 fully saturated rings. The molecule has 0 saturated carbocycles. The number of aliphatic hydroxyl groups is 1. The summed E-state index contributed by atoms with van der Waals surface area (Å²) >= 11 is 0. The maximum absolute atomic E-state index is 9.24. The van der Waals surface area contributed by atoms with E-state index in [0.717, 1.165) is 82.5 Å². The first-order valence-corrected chi connectivity index (χ1v) is 9.94. The van der Waals surface area contributed by atoms with Gasteiger partial charge in [-0.05, 0) is 32.6 Å². The molecule has 0 bridgehead atoms. The molecule has 1 aliphatic rings. The lowest BCUT2D eigenvalue weighted by molar-refractivity contribution is 0.168. The fraction of sp³-hybridized carbons (Fsp3) is 0.789. The molecule has 156 valence electrons. The Balaban J connectivity index is 0.00000364. The Labute approximate surface area is 180 Å². The summed E-state index contributed by atoms with van der Waals surface area (Å²) < 4.78 is 5.16. The molecule has 27 heavy (non-hydrogen) atoms. The average Bonchev–Trinajstić information content (AvgIpc) is 3.04. The fourth-order valence-corrected chi connectivity index (χ4v) is 3.40. The maximum Gasteiger partial charge on any atom is 0.194 e. The summed E-state index contributed by atoms with van der Waals surface area (Å²) in [6, 6.07) is 2.01. The molecule has 1 aromatic heterocycles. The second-order valence-electron chi connectivity index (χ2n) is 7.05. The number of aryl methyl sites for hydroxylation is 1. The van der Waals surface area contributed by atoms with Crippen LogP contribution in [0.2, 0.25) is 0 Å². The van der Waals surface area contributed by atoms with Crippen molar-refractivity contribution < 1.29 is 9.63 Å². The van der Waals surface area contributed by atoms with E-state index in [9.17, 15) is 5.11 Å². The molecule has 1 saturated heterocycles. The van der Waals surface area contributed by atoms with Gasteiger partial charge >= 0.3 is 0 Å². The minimum Gasteiger partial charge on any atom is -0.396 e. The van der Waals surface area contributed by atoms with E-state index in [1.165, 1.54) is 0 Å². The van der Waals surface area contributed by atoms with Gasteiger partial charge in [0.05, 0.1) is 5.69 Å². The number of hydrogen-bond acceptors (Lipinski definition) is 5. The summed E-state index contributed by atoms with van der Waals surface area (Å²) in [6.45, 7) is 12.9. The molecule has 2 rings (SSSR count). The van der Waals surface area contributed by atoms with Gasteiger partial charge in [-0.25, -0.2) is 0 Å². The normalized spacial score (nSPS) is 16.9. The fourth-order valence-electron chi connectivity index (χ4n) is 3.40. The monoisotopic (exact) mass is 493 g/mol. The number of halogens is 1. The molecular weight excluding hydrogens is 457 g/mol. The SMILES string of the molecule is CCCC(CCO)CN=C(NCC)N1CCN(Cc2cc(C)on2)CC1.I. The van der Waals surface area contributed by atoms with E-state index in [2.05, 4.69) is 34.1 Å². The summed E-state index contributed by atoms with van der Waals surface area (Å²) in [5, 5.41) is 16.8. The highest BCUT2D eigenvalue weighted by Gasteiger charge is 2.20. The highest BCUT2D eigenvalue weighted by Crippen LogP contribution is 2.13. The second kappa shape index (κ2) is 13.3. The van der Waals surface area contributed by atoms with Crippen LogP contribution in [0.25, 0.3) is 0 Å². The zero-order valence-electron chi connectivity index (χ0n) is 17.0. The van der Waals surface area contributed by atoms with Crippen molar-refractivity contribution in [1.29, 1.82) is 0 Å². The smallest absolute Gasteiger partial charge is 0.194 e. The van der Waals surface area contributed by atoms with Crippen molar-refractivity contribution in [3.8, 4) is 0 Å². The lowest BCUT2D eigenvalue weighted by atomic mass is 10.0. The lowest BCUT2D eigenvalue weighted by Crippen LogP contribution is -2.52.